The fourth-order valence-corrected chi connectivity index (χ4v) is 2.47. The van der Waals surface area contributed by atoms with Crippen LogP contribution in [0.1, 0.15) is 20.8 Å². The van der Waals surface area contributed by atoms with Crippen LogP contribution in [0.3, 0.4) is 0 Å². The number of likely N-dealkylation sites (tertiary alicyclic amines) is 1. The van der Waals surface area contributed by atoms with Crippen LogP contribution in [0.15, 0.2) is 0 Å². The van der Waals surface area contributed by atoms with Crippen LogP contribution in [0.2, 0.25) is 0 Å². The summed E-state index contributed by atoms with van der Waals surface area (Å²) in [6, 6.07) is 0. The topological polar surface area (TPSA) is 32.3 Å². The molecule has 3 nitrogen and oxygen atoms in total. The van der Waals surface area contributed by atoms with Gasteiger partial charge in [-0.3, -0.25) is 4.79 Å². The summed E-state index contributed by atoms with van der Waals surface area (Å²) >= 11 is 0. The van der Waals surface area contributed by atoms with Gasteiger partial charge in [-0.15, -0.1) is 0 Å². The normalized spacial score (nSPS) is 27.3. The Kier molecular flexibility index (Phi) is 2.92. The van der Waals surface area contributed by atoms with Gasteiger partial charge in [0.15, 0.2) is 0 Å². The maximum Gasteiger partial charge on any atom is 0.274 e. The summed E-state index contributed by atoms with van der Waals surface area (Å²) in [5, 5.41) is 2.89. The van der Waals surface area contributed by atoms with Crippen molar-refractivity contribution in [1.29, 1.82) is 0 Å². The smallest absolute Gasteiger partial charge is 0.274 e. The third-order valence-electron chi connectivity index (χ3n) is 4.29. The predicted octanol–water partition coefficient (Wildman–Crippen LogP) is 1.35. The van der Waals surface area contributed by atoms with Gasteiger partial charge in [-0.2, -0.15) is 0 Å². The first kappa shape index (κ1) is 12.7. The lowest BCUT2D eigenvalue weighted by Crippen LogP contribution is -2.62. The first-order chi connectivity index (χ1) is 7.79. The predicted molar refractivity (Wildman–Crippen MR) is 60.8 cm³/mol. The molecule has 2 fully saturated rings. The minimum atomic E-state index is -2.75. The summed E-state index contributed by atoms with van der Waals surface area (Å²) in [5.74, 6) is -2.88. The molecule has 5 heteroatoms. The second-order valence-electron chi connectivity index (χ2n) is 5.82. The van der Waals surface area contributed by atoms with E-state index in [1.807, 2.05) is 20.8 Å². The molecular weight excluding hydrogens is 226 g/mol. The molecular formula is C12H20F2N2O. The van der Waals surface area contributed by atoms with E-state index < -0.39 is 17.9 Å². The summed E-state index contributed by atoms with van der Waals surface area (Å²) in [6.07, 6.45) is 0. The zero-order chi connectivity index (χ0) is 12.8. The zero-order valence-corrected chi connectivity index (χ0v) is 10.6. The number of alkyl halides is 2. The Labute approximate surface area is 101 Å². The molecule has 0 aromatic rings. The molecule has 2 saturated heterocycles. The van der Waals surface area contributed by atoms with Crippen molar-refractivity contribution in [3.63, 3.8) is 0 Å². The number of rotatable bonds is 2. The van der Waals surface area contributed by atoms with Gasteiger partial charge < -0.3 is 10.2 Å². The Morgan fingerprint density at radius 1 is 1.24 bits per heavy atom. The maximum absolute atomic E-state index is 13.9. The fraction of sp³-hybridized carbons (Fsp3) is 0.917. The lowest BCUT2D eigenvalue weighted by Gasteiger charge is -2.42. The van der Waals surface area contributed by atoms with Crippen LogP contribution in [0, 0.1) is 17.3 Å². The lowest BCUT2D eigenvalue weighted by atomic mass is 9.78. The molecule has 2 aliphatic heterocycles. The maximum atomic E-state index is 13.9. The van der Waals surface area contributed by atoms with Crippen molar-refractivity contribution in [3.8, 4) is 0 Å². The van der Waals surface area contributed by atoms with Gasteiger partial charge in [0.1, 0.15) is 0 Å². The molecule has 0 aliphatic carbocycles. The fourth-order valence-electron chi connectivity index (χ4n) is 2.47. The lowest BCUT2D eigenvalue weighted by molar-refractivity contribution is -0.136. The van der Waals surface area contributed by atoms with Crippen molar-refractivity contribution in [3.05, 3.63) is 0 Å². The summed E-state index contributed by atoms with van der Waals surface area (Å²) in [5.41, 5.74) is -1.00. The number of halogens is 2. The molecule has 1 amide bonds. The summed E-state index contributed by atoms with van der Waals surface area (Å²) in [4.78, 5) is 13.4. The molecule has 0 saturated carbocycles. The van der Waals surface area contributed by atoms with E-state index in [0.29, 0.717) is 13.1 Å². The van der Waals surface area contributed by atoms with E-state index >= 15 is 0 Å². The molecule has 98 valence electrons. The summed E-state index contributed by atoms with van der Waals surface area (Å²) < 4.78 is 27.8. The average Bonchev–Trinajstić information content (AvgIpc) is 2.47. The van der Waals surface area contributed by atoms with E-state index in [4.69, 9.17) is 0 Å². The van der Waals surface area contributed by atoms with E-state index in [0.717, 1.165) is 0 Å². The first-order valence-electron chi connectivity index (χ1n) is 6.16. The average molecular weight is 246 g/mol. The highest BCUT2D eigenvalue weighted by molar-refractivity contribution is 5.79. The number of nitrogens with one attached hydrogen (secondary N) is 1. The molecule has 2 rings (SSSR count). The Morgan fingerprint density at radius 2 is 1.82 bits per heavy atom. The number of hydrogen-bond donors (Lipinski definition) is 1. The summed E-state index contributed by atoms with van der Waals surface area (Å²) in [6.45, 7) is 6.12. The van der Waals surface area contributed by atoms with E-state index in [-0.39, 0.29) is 24.3 Å². The number of nitrogens with zero attached hydrogens (tertiary/aromatic N) is 1. The molecule has 2 aliphatic rings. The monoisotopic (exact) mass is 246 g/mol. The second-order valence-corrected chi connectivity index (χ2v) is 5.82. The van der Waals surface area contributed by atoms with Gasteiger partial charge in [-0.05, 0) is 5.92 Å². The Bertz CT molecular complexity index is 326. The number of amides is 1. The van der Waals surface area contributed by atoms with Crippen LogP contribution >= 0.6 is 0 Å². The number of hydrogen-bond acceptors (Lipinski definition) is 2. The number of carbonyl (C=O) groups excluding carboxylic acids is 1. The Balaban J connectivity index is 2.09. The molecule has 0 aromatic heterocycles. The van der Waals surface area contributed by atoms with Gasteiger partial charge in [0.05, 0.1) is 12.0 Å². The summed E-state index contributed by atoms with van der Waals surface area (Å²) in [7, 11) is 0. The van der Waals surface area contributed by atoms with Crippen molar-refractivity contribution in [2.45, 2.75) is 26.7 Å². The standard InChI is InChI=1S/C12H20F2N2O/c1-8(2)9(3)10(17)16-6-11(4-15-5-11)12(13,14)7-16/h8-9,15H,4-7H2,1-3H3. The zero-order valence-electron chi connectivity index (χ0n) is 10.6. The SMILES string of the molecule is CC(C)C(C)C(=O)N1CC(F)(F)C2(CNC2)C1. The molecule has 2 heterocycles. The molecule has 0 radical (unpaired) electrons. The highest BCUT2D eigenvalue weighted by Crippen LogP contribution is 2.46. The van der Waals surface area contributed by atoms with Crippen molar-refractivity contribution in [2.24, 2.45) is 17.3 Å². The van der Waals surface area contributed by atoms with Crippen molar-refractivity contribution >= 4 is 5.91 Å². The van der Waals surface area contributed by atoms with E-state index in [1.54, 1.807) is 0 Å². The van der Waals surface area contributed by atoms with E-state index in [1.165, 1.54) is 4.90 Å². The third-order valence-corrected chi connectivity index (χ3v) is 4.29. The largest absolute Gasteiger partial charge is 0.336 e. The highest BCUT2D eigenvalue weighted by Gasteiger charge is 2.64. The van der Waals surface area contributed by atoms with Crippen LogP contribution < -0.4 is 5.32 Å². The molecule has 1 spiro atoms. The first-order valence-corrected chi connectivity index (χ1v) is 6.16. The van der Waals surface area contributed by atoms with Crippen LogP contribution in [-0.2, 0) is 4.79 Å². The quantitative estimate of drug-likeness (QED) is 0.797. The van der Waals surface area contributed by atoms with Gasteiger partial charge >= 0.3 is 0 Å². The molecule has 1 atom stereocenters. The van der Waals surface area contributed by atoms with Crippen LogP contribution in [0.5, 0.6) is 0 Å². The second kappa shape index (κ2) is 3.90. The Hall–Kier alpha value is -0.710. The number of carbonyl (C=O) groups is 1. The van der Waals surface area contributed by atoms with Crippen LogP contribution in [-0.4, -0.2) is 42.9 Å². The Morgan fingerprint density at radius 3 is 2.18 bits per heavy atom. The van der Waals surface area contributed by atoms with Crippen molar-refractivity contribution in [2.75, 3.05) is 26.2 Å². The van der Waals surface area contributed by atoms with Gasteiger partial charge in [-0.1, -0.05) is 20.8 Å². The molecule has 1 unspecified atom stereocenters. The van der Waals surface area contributed by atoms with E-state index in [9.17, 15) is 13.6 Å². The molecule has 0 bridgehead atoms. The molecule has 0 aromatic carbocycles. The third kappa shape index (κ3) is 1.84. The van der Waals surface area contributed by atoms with Crippen LogP contribution in [0.25, 0.3) is 0 Å². The molecule has 17 heavy (non-hydrogen) atoms. The van der Waals surface area contributed by atoms with Gasteiger partial charge in [0.2, 0.25) is 5.91 Å². The van der Waals surface area contributed by atoms with Crippen molar-refractivity contribution in [1.82, 2.24) is 10.2 Å². The highest BCUT2D eigenvalue weighted by atomic mass is 19.3. The minimum Gasteiger partial charge on any atom is -0.336 e. The van der Waals surface area contributed by atoms with Gasteiger partial charge in [0.25, 0.3) is 5.92 Å². The van der Waals surface area contributed by atoms with Gasteiger partial charge in [-0.25, -0.2) is 8.78 Å². The van der Waals surface area contributed by atoms with Crippen LogP contribution in [0.4, 0.5) is 8.78 Å². The van der Waals surface area contributed by atoms with E-state index in [2.05, 4.69) is 5.32 Å². The minimum absolute atomic E-state index is 0.136. The van der Waals surface area contributed by atoms with Gasteiger partial charge in [0, 0.05) is 25.6 Å². The van der Waals surface area contributed by atoms with Crippen molar-refractivity contribution < 1.29 is 13.6 Å². The molecule has 1 N–H and O–H groups in total.